The maximum atomic E-state index is 12.4. The van der Waals surface area contributed by atoms with Gasteiger partial charge in [-0.1, -0.05) is 12.1 Å². The van der Waals surface area contributed by atoms with Crippen LogP contribution in [-0.2, 0) is 11.3 Å². The highest BCUT2D eigenvalue weighted by Crippen LogP contribution is 2.12. The predicted molar refractivity (Wildman–Crippen MR) is 77.8 cm³/mol. The lowest BCUT2D eigenvalue weighted by Gasteiger charge is -2.34. The summed E-state index contributed by atoms with van der Waals surface area (Å²) in [5.41, 5.74) is 1.78. The van der Waals surface area contributed by atoms with Gasteiger partial charge in [0.1, 0.15) is 0 Å². The molecule has 0 bridgehead atoms. The summed E-state index contributed by atoms with van der Waals surface area (Å²) < 4.78 is 5.09. The zero-order chi connectivity index (χ0) is 13.0. The number of amides is 1. The number of piperazine rings is 1. The average Bonchev–Trinajstić information content (AvgIpc) is 2.39. The molecule has 1 heterocycles. The van der Waals surface area contributed by atoms with Crippen LogP contribution in [0.3, 0.4) is 0 Å². The molecule has 1 saturated heterocycles. The van der Waals surface area contributed by atoms with Gasteiger partial charge in [-0.25, -0.2) is 0 Å². The van der Waals surface area contributed by atoms with E-state index < -0.39 is 0 Å². The molecule has 0 aliphatic carbocycles. The fourth-order valence-corrected chi connectivity index (χ4v) is 2.27. The molecule has 19 heavy (non-hydrogen) atoms. The third-order valence-electron chi connectivity index (χ3n) is 3.25. The van der Waals surface area contributed by atoms with Crippen molar-refractivity contribution < 1.29 is 9.53 Å². The molecule has 1 fully saturated rings. The first kappa shape index (κ1) is 16.0. The highest BCUT2D eigenvalue weighted by atomic mass is 35.5. The Morgan fingerprint density at radius 1 is 1.53 bits per heavy atom. The number of ether oxygens (including phenoxy) is 1. The number of carbonyl (C=O) groups excluding carboxylic acids is 1. The molecule has 0 spiro atoms. The standard InChI is InChI=1S/C14H20N2O2.ClH/c1-11-9-15-6-7-16(11)14(17)13-5-3-4-12(8-13)10-18-2;/h3-5,8,11,15H,6-7,9-10H2,1-2H3;1H/t11-;/m1./s1. The van der Waals surface area contributed by atoms with Crippen LogP contribution in [0.4, 0.5) is 0 Å². The van der Waals surface area contributed by atoms with Crippen molar-refractivity contribution >= 4 is 18.3 Å². The minimum Gasteiger partial charge on any atom is -0.380 e. The smallest absolute Gasteiger partial charge is 0.254 e. The molecule has 0 unspecified atom stereocenters. The molecule has 5 heteroatoms. The van der Waals surface area contributed by atoms with Crippen molar-refractivity contribution in [3.63, 3.8) is 0 Å². The number of halogens is 1. The van der Waals surface area contributed by atoms with Gasteiger partial charge in [-0.15, -0.1) is 12.4 Å². The van der Waals surface area contributed by atoms with Crippen LogP contribution < -0.4 is 5.32 Å². The summed E-state index contributed by atoms with van der Waals surface area (Å²) in [4.78, 5) is 14.4. The van der Waals surface area contributed by atoms with E-state index >= 15 is 0 Å². The topological polar surface area (TPSA) is 41.6 Å². The average molecular weight is 285 g/mol. The Morgan fingerprint density at radius 3 is 3.00 bits per heavy atom. The number of hydrogen-bond acceptors (Lipinski definition) is 3. The van der Waals surface area contributed by atoms with Gasteiger partial charge in [0.05, 0.1) is 6.61 Å². The second-order valence-electron chi connectivity index (χ2n) is 4.69. The molecule has 1 atom stereocenters. The number of nitrogens with one attached hydrogen (secondary N) is 1. The van der Waals surface area contributed by atoms with Crippen LogP contribution in [-0.4, -0.2) is 43.6 Å². The third kappa shape index (κ3) is 3.93. The van der Waals surface area contributed by atoms with Crippen LogP contribution in [0, 0.1) is 0 Å². The van der Waals surface area contributed by atoms with E-state index in [0.29, 0.717) is 6.61 Å². The van der Waals surface area contributed by atoms with Crippen LogP contribution in [0.15, 0.2) is 24.3 Å². The molecule has 1 N–H and O–H groups in total. The van der Waals surface area contributed by atoms with Crippen LogP contribution >= 0.6 is 12.4 Å². The molecule has 1 aliphatic rings. The van der Waals surface area contributed by atoms with Gasteiger partial charge in [0.2, 0.25) is 0 Å². The van der Waals surface area contributed by atoms with Crippen LogP contribution in [0.25, 0.3) is 0 Å². The van der Waals surface area contributed by atoms with Gasteiger partial charge in [0, 0.05) is 38.3 Å². The number of carbonyl (C=O) groups is 1. The summed E-state index contributed by atoms with van der Waals surface area (Å²) in [5, 5.41) is 3.29. The van der Waals surface area contributed by atoms with E-state index in [4.69, 9.17) is 4.74 Å². The van der Waals surface area contributed by atoms with E-state index in [2.05, 4.69) is 12.2 Å². The van der Waals surface area contributed by atoms with Crippen molar-refractivity contribution in [2.75, 3.05) is 26.7 Å². The first-order valence-electron chi connectivity index (χ1n) is 6.32. The minimum atomic E-state index is 0. The van der Waals surface area contributed by atoms with Gasteiger partial charge >= 0.3 is 0 Å². The molecule has 1 amide bonds. The summed E-state index contributed by atoms with van der Waals surface area (Å²) in [6, 6.07) is 7.92. The van der Waals surface area contributed by atoms with E-state index in [0.717, 1.165) is 30.8 Å². The highest BCUT2D eigenvalue weighted by Gasteiger charge is 2.23. The predicted octanol–water partition coefficient (Wildman–Crippen LogP) is 1.69. The van der Waals surface area contributed by atoms with Crippen molar-refractivity contribution in [1.82, 2.24) is 10.2 Å². The van der Waals surface area contributed by atoms with E-state index in [9.17, 15) is 4.79 Å². The summed E-state index contributed by atoms with van der Waals surface area (Å²) in [6.45, 7) is 5.12. The van der Waals surface area contributed by atoms with Gasteiger partial charge in [-0.2, -0.15) is 0 Å². The highest BCUT2D eigenvalue weighted by molar-refractivity contribution is 5.94. The third-order valence-corrected chi connectivity index (χ3v) is 3.25. The zero-order valence-electron chi connectivity index (χ0n) is 11.4. The Bertz CT molecular complexity index is 426. The van der Waals surface area contributed by atoms with Crippen molar-refractivity contribution in [2.45, 2.75) is 19.6 Å². The summed E-state index contributed by atoms with van der Waals surface area (Å²) in [7, 11) is 1.66. The first-order chi connectivity index (χ1) is 8.72. The fraction of sp³-hybridized carbons (Fsp3) is 0.500. The second kappa shape index (κ2) is 7.48. The number of nitrogens with zero attached hydrogens (tertiary/aromatic N) is 1. The molecule has 0 aromatic heterocycles. The molecular weight excluding hydrogens is 264 g/mol. The molecule has 106 valence electrons. The molecule has 4 nitrogen and oxygen atoms in total. The Labute approximate surface area is 120 Å². The van der Waals surface area contributed by atoms with Gasteiger partial charge in [0.15, 0.2) is 0 Å². The summed E-state index contributed by atoms with van der Waals surface area (Å²) in [5.74, 6) is 0.113. The molecule has 0 saturated carbocycles. The van der Waals surface area contributed by atoms with Gasteiger partial charge in [-0.3, -0.25) is 4.79 Å². The molecular formula is C14H21ClN2O2. The normalized spacial score (nSPS) is 18.8. The van der Waals surface area contributed by atoms with Crippen molar-refractivity contribution in [3.8, 4) is 0 Å². The summed E-state index contributed by atoms with van der Waals surface area (Å²) in [6.07, 6.45) is 0. The number of hydrogen-bond donors (Lipinski definition) is 1. The second-order valence-corrected chi connectivity index (χ2v) is 4.69. The Balaban J connectivity index is 0.00000180. The van der Waals surface area contributed by atoms with Crippen molar-refractivity contribution in [1.29, 1.82) is 0 Å². The molecule has 1 aromatic carbocycles. The number of rotatable bonds is 3. The molecule has 1 aliphatic heterocycles. The van der Waals surface area contributed by atoms with Crippen LogP contribution in [0.1, 0.15) is 22.8 Å². The lowest BCUT2D eigenvalue weighted by molar-refractivity contribution is 0.0655. The van der Waals surface area contributed by atoms with Crippen LogP contribution in [0.5, 0.6) is 0 Å². The quantitative estimate of drug-likeness (QED) is 0.918. The minimum absolute atomic E-state index is 0. The maximum absolute atomic E-state index is 12.4. The van der Waals surface area contributed by atoms with E-state index in [-0.39, 0.29) is 24.4 Å². The van der Waals surface area contributed by atoms with E-state index in [1.807, 2.05) is 29.2 Å². The lowest BCUT2D eigenvalue weighted by Crippen LogP contribution is -2.52. The molecule has 0 radical (unpaired) electrons. The Hall–Kier alpha value is -1.10. The number of benzene rings is 1. The van der Waals surface area contributed by atoms with E-state index in [1.54, 1.807) is 7.11 Å². The molecule has 1 aromatic rings. The first-order valence-corrected chi connectivity index (χ1v) is 6.32. The zero-order valence-corrected chi connectivity index (χ0v) is 12.2. The lowest BCUT2D eigenvalue weighted by atomic mass is 10.1. The van der Waals surface area contributed by atoms with Gasteiger partial charge < -0.3 is 15.0 Å². The van der Waals surface area contributed by atoms with Gasteiger partial charge in [-0.05, 0) is 24.6 Å². The largest absolute Gasteiger partial charge is 0.380 e. The SMILES string of the molecule is COCc1cccc(C(=O)N2CCNC[C@H]2C)c1.Cl. The Morgan fingerprint density at radius 2 is 2.32 bits per heavy atom. The van der Waals surface area contributed by atoms with Gasteiger partial charge in [0.25, 0.3) is 5.91 Å². The van der Waals surface area contributed by atoms with E-state index in [1.165, 1.54) is 0 Å². The van der Waals surface area contributed by atoms with Crippen molar-refractivity contribution in [2.24, 2.45) is 0 Å². The van der Waals surface area contributed by atoms with Crippen molar-refractivity contribution in [3.05, 3.63) is 35.4 Å². The monoisotopic (exact) mass is 284 g/mol. The summed E-state index contributed by atoms with van der Waals surface area (Å²) >= 11 is 0. The van der Waals surface area contributed by atoms with Crippen LogP contribution in [0.2, 0.25) is 0 Å². The maximum Gasteiger partial charge on any atom is 0.254 e. The Kier molecular flexibility index (Phi) is 6.28. The fourth-order valence-electron chi connectivity index (χ4n) is 2.27. The number of methoxy groups -OCH3 is 1. The molecule has 2 rings (SSSR count).